The fourth-order valence-electron chi connectivity index (χ4n) is 3.68. The Morgan fingerprint density at radius 3 is 2.67 bits per heavy atom. The van der Waals surface area contributed by atoms with Crippen LogP contribution < -0.4 is 0 Å². The molecule has 3 aliphatic rings. The monoisotopic (exact) mass is 306 g/mol. The second-order valence-electron chi connectivity index (χ2n) is 6.31. The predicted octanol–water partition coefficient (Wildman–Crippen LogP) is 3.29. The van der Waals surface area contributed by atoms with E-state index in [2.05, 4.69) is 16.7 Å². The van der Waals surface area contributed by atoms with Gasteiger partial charge in [0.2, 0.25) is 0 Å². The Labute approximate surface area is 131 Å². The largest absolute Gasteiger partial charge is 0.337 e. The van der Waals surface area contributed by atoms with Gasteiger partial charge in [0.1, 0.15) is 0 Å². The van der Waals surface area contributed by atoms with Crippen LogP contribution in [0.15, 0.2) is 24.3 Å². The van der Waals surface area contributed by atoms with E-state index in [1.165, 1.54) is 19.3 Å². The van der Waals surface area contributed by atoms with Gasteiger partial charge < -0.3 is 4.90 Å². The number of hydrogen-bond donors (Lipinski definition) is 0. The van der Waals surface area contributed by atoms with Gasteiger partial charge in [-0.1, -0.05) is 18.5 Å². The van der Waals surface area contributed by atoms with Crippen LogP contribution in [0.5, 0.6) is 0 Å². The van der Waals surface area contributed by atoms with E-state index < -0.39 is 0 Å². The first kappa shape index (κ1) is 14.9. The molecule has 0 saturated carbocycles. The van der Waals surface area contributed by atoms with Gasteiger partial charge in [0.15, 0.2) is 0 Å². The van der Waals surface area contributed by atoms with Crippen LogP contribution in [0, 0.1) is 5.92 Å². The van der Waals surface area contributed by atoms with Crippen molar-refractivity contribution in [3.05, 3.63) is 34.9 Å². The third kappa shape index (κ3) is 3.24. The quantitative estimate of drug-likeness (QED) is 0.855. The summed E-state index contributed by atoms with van der Waals surface area (Å²) in [6.45, 7) is 6.32. The third-order valence-corrected chi connectivity index (χ3v) is 4.97. The lowest BCUT2D eigenvalue weighted by atomic mass is 9.95. The molecule has 3 nitrogen and oxygen atoms in total. The molecule has 0 radical (unpaired) electrons. The number of nitrogens with zero attached hydrogens (tertiary/aromatic N) is 2. The van der Waals surface area contributed by atoms with Crippen molar-refractivity contribution < 1.29 is 4.79 Å². The molecule has 3 aliphatic heterocycles. The molecule has 1 aromatic carbocycles. The van der Waals surface area contributed by atoms with Crippen molar-refractivity contribution in [3.8, 4) is 0 Å². The van der Waals surface area contributed by atoms with Gasteiger partial charge in [0.05, 0.1) is 0 Å². The van der Waals surface area contributed by atoms with Gasteiger partial charge in [-0.3, -0.25) is 9.69 Å². The Kier molecular flexibility index (Phi) is 4.51. The molecule has 0 aliphatic carbocycles. The molecule has 4 rings (SSSR count). The highest BCUT2D eigenvalue weighted by atomic mass is 35.5. The molecule has 3 heterocycles. The summed E-state index contributed by atoms with van der Waals surface area (Å²) in [6, 6.07) is 7.80. The van der Waals surface area contributed by atoms with Crippen LogP contribution in [0.2, 0.25) is 5.02 Å². The minimum absolute atomic E-state index is 0.155. The highest BCUT2D eigenvalue weighted by Gasteiger charge is 2.36. The standard InChI is InChI=1S/C17H23ClN2O/c1-2-9-19-10-13-3-8-16(19)12-20(11-13)17(21)14-4-6-15(18)7-5-14/h4-7,13,16H,2-3,8-12H2,1H3/t13-,16-/m1/s1. The summed E-state index contributed by atoms with van der Waals surface area (Å²) < 4.78 is 0. The molecule has 2 atom stereocenters. The summed E-state index contributed by atoms with van der Waals surface area (Å²) in [6.07, 6.45) is 3.68. The molecule has 114 valence electrons. The molecule has 2 bridgehead atoms. The fourth-order valence-corrected chi connectivity index (χ4v) is 3.81. The lowest BCUT2D eigenvalue weighted by Gasteiger charge is -2.35. The first-order valence-corrected chi connectivity index (χ1v) is 8.34. The molecular weight excluding hydrogens is 284 g/mol. The minimum atomic E-state index is 0.155. The maximum absolute atomic E-state index is 12.7. The van der Waals surface area contributed by atoms with E-state index in [-0.39, 0.29) is 5.91 Å². The third-order valence-electron chi connectivity index (χ3n) is 4.72. The average Bonchev–Trinajstić information content (AvgIpc) is 2.79. The number of rotatable bonds is 3. The van der Waals surface area contributed by atoms with Gasteiger partial charge >= 0.3 is 0 Å². The Hall–Kier alpha value is -1.06. The molecule has 0 N–H and O–H groups in total. The highest BCUT2D eigenvalue weighted by Crippen LogP contribution is 2.29. The predicted molar refractivity (Wildman–Crippen MR) is 85.7 cm³/mol. The van der Waals surface area contributed by atoms with E-state index in [1.807, 2.05) is 12.1 Å². The minimum Gasteiger partial charge on any atom is -0.337 e. The van der Waals surface area contributed by atoms with Crippen molar-refractivity contribution >= 4 is 17.5 Å². The molecule has 0 aromatic heterocycles. The normalized spacial score (nSPS) is 25.9. The van der Waals surface area contributed by atoms with Gasteiger partial charge in [0, 0.05) is 36.3 Å². The van der Waals surface area contributed by atoms with E-state index in [0.717, 1.165) is 31.7 Å². The molecule has 21 heavy (non-hydrogen) atoms. The van der Waals surface area contributed by atoms with E-state index in [1.54, 1.807) is 12.1 Å². The summed E-state index contributed by atoms with van der Waals surface area (Å²) in [5.74, 6) is 0.786. The van der Waals surface area contributed by atoms with Crippen molar-refractivity contribution in [1.82, 2.24) is 9.80 Å². The Morgan fingerprint density at radius 1 is 1.19 bits per heavy atom. The number of halogens is 1. The highest BCUT2D eigenvalue weighted by molar-refractivity contribution is 6.30. The topological polar surface area (TPSA) is 23.6 Å². The van der Waals surface area contributed by atoms with Crippen molar-refractivity contribution in [1.29, 1.82) is 0 Å². The van der Waals surface area contributed by atoms with Crippen LogP contribution in [-0.4, -0.2) is 47.9 Å². The van der Waals surface area contributed by atoms with Gasteiger partial charge in [-0.2, -0.15) is 0 Å². The van der Waals surface area contributed by atoms with Gasteiger partial charge in [-0.25, -0.2) is 0 Å². The maximum atomic E-state index is 12.7. The molecule has 0 spiro atoms. The lowest BCUT2D eigenvalue weighted by molar-refractivity contribution is 0.0738. The average molecular weight is 307 g/mol. The number of carbonyl (C=O) groups is 1. The molecule has 3 saturated heterocycles. The number of fused-ring (bicyclic) bond motifs is 4. The molecule has 4 heteroatoms. The van der Waals surface area contributed by atoms with Crippen LogP contribution in [0.1, 0.15) is 36.5 Å². The zero-order valence-electron chi connectivity index (χ0n) is 12.6. The van der Waals surface area contributed by atoms with Crippen LogP contribution in [0.4, 0.5) is 0 Å². The molecule has 3 fully saturated rings. The van der Waals surface area contributed by atoms with Crippen LogP contribution in [0.25, 0.3) is 0 Å². The number of amides is 1. The Balaban J connectivity index is 1.74. The van der Waals surface area contributed by atoms with E-state index >= 15 is 0 Å². The van der Waals surface area contributed by atoms with Crippen molar-refractivity contribution in [2.45, 2.75) is 32.2 Å². The first-order chi connectivity index (χ1) is 10.2. The van der Waals surface area contributed by atoms with Gasteiger partial charge in [-0.15, -0.1) is 0 Å². The molecular formula is C17H23ClN2O. The van der Waals surface area contributed by atoms with Crippen LogP contribution in [-0.2, 0) is 0 Å². The number of piperidine rings is 1. The fraction of sp³-hybridized carbons (Fsp3) is 0.588. The Morgan fingerprint density at radius 2 is 1.95 bits per heavy atom. The molecule has 1 amide bonds. The van der Waals surface area contributed by atoms with Gasteiger partial charge in [-0.05, 0) is 56.0 Å². The van der Waals surface area contributed by atoms with E-state index in [4.69, 9.17) is 11.6 Å². The smallest absolute Gasteiger partial charge is 0.253 e. The molecule has 1 aromatic rings. The summed E-state index contributed by atoms with van der Waals surface area (Å²) in [5.41, 5.74) is 0.753. The maximum Gasteiger partial charge on any atom is 0.253 e. The summed E-state index contributed by atoms with van der Waals surface area (Å²) in [4.78, 5) is 17.4. The number of hydrogen-bond acceptors (Lipinski definition) is 2. The molecule has 0 unspecified atom stereocenters. The SMILES string of the molecule is CCCN1C[C@H]2CC[C@@H]1CN(C(=O)c1ccc(Cl)cc1)C2. The lowest BCUT2D eigenvalue weighted by Crippen LogP contribution is -2.44. The summed E-state index contributed by atoms with van der Waals surface area (Å²) in [5, 5.41) is 0.677. The second kappa shape index (κ2) is 6.37. The van der Waals surface area contributed by atoms with Crippen molar-refractivity contribution in [2.75, 3.05) is 26.2 Å². The number of benzene rings is 1. The zero-order valence-corrected chi connectivity index (χ0v) is 13.4. The zero-order chi connectivity index (χ0) is 14.8. The summed E-state index contributed by atoms with van der Waals surface area (Å²) >= 11 is 5.91. The summed E-state index contributed by atoms with van der Waals surface area (Å²) in [7, 11) is 0. The van der Waals surface area contributed by atoms with E-state index in [0.29, 0.717) is 17.0 Å². The first-order valence-electron chi connectivity index (χ1n) is 7.96. The van der Waals surface area contributed by atoms with Crippen LogP contribution >= 0.6 is 11.6 Å². The number of carbonyl (C=O) groups excluding carboxylic acids is 1. The van der Waals surface area contributed by atoms with Crippen LogP contribution in [0.3, 0.4) is 0 Å². The van der Waals surface area contributed by atoms with Crippen molar-refractivity contribution in [3.63, 3.8) is 0 Å². The van der Waals surface area contributed by atoms with E-state index in [9.17, 15) is 4.79 Å². The van der Waals surface area contributed by atoms with Gasteiger partial charge in [0.25, 0.3) is 5.91 Å². The Bertz CT molecular complexity index is 502. The van der Waals surface area contributed by atoms with Crippen molar-refractivity contribution in [2.24, 2.45) is 5.92 Å². The second-order valence-corrected chi connectivity index (χ2v) is 6.75.